The lowest BCUT2D eigenvalue weighted by Gasteiger charge is -2.30. The molecule has 174 valence electrons. The van der Waals surface area contributed by atoms with Crippen LogP contribution in [0.5, 0.6) is 17.2 Å². The second-order valence-electron chi connectivity index (χ2n) is 8.31. The van der Waals surface area contributed by atoms with Crippen molar-refractivity contribution in [3.05, 3.63) is 42.5 Å². The molecule has 3 aromatic rings. The van der Waals surface area contributed by atoms with Crippen LogP contribution in [0.25, 0.3) is 11.5 Å². The fourth-order valence-corrected chi connectivity index (χ4v) is 5.46. The number of nitrogens with zero attached hydrogens (tertiary/aromatic N) is 2. The van der Waals surface area contributed by atoms with Crippen molar-refractivity contribution in [2.24, 2.45) is 5.92 Å². The molecule has 2 aliphatic rings. The zero-order valence-electron chi connectivity index (χ0n) is 18.6. The lowest BCUT2D eigenvalue weighted by Crippen LogP contribution is -2.33. The second-order valence-corrected chi connectivity index (χ2v) is 10.2. The molecule has 1 fully saturated rings. The van der Waals surface area contributed by atoms with E-state index < -0.39 is 9.84 Å². The summed E-state index contributed by atoms with van der Waals surface area (Å²) in [5.74, 6) is 2.54. The van der Waals surface area contributed by atoms with Crippen molar-refractivity contribution in [1.29, 1.82) is 0 Å². The van der Waals surface area contributed by atoms with Gasteiger partial charge in [0.05, 0.1) is 17.6 Å². The average molecular weight is 471 g/mol. The highest BCUT2D eigenvalue weighted by Crippen LogP contribution is 2.40. The van der Waals surface area contributed by atoms with Gasteiger partial charge in [-0.2, -0.15) is 4.98 Å². The Morgan fingerprint density at radius 2 is 1.76 bits per heavy atom. The van der Waals surface area contributed by atoms with Crippen LogP contribution in [0, 0.1) is 5.92 Å². The molecular weight excluding hydrogens is 444 g/mol. The van der Waals surface area contributed by atoms with Crippen LogP contribution in [0.15, 0.2) is 56.8 Å². The van der Waals surface area contributed by atoms with Gasteiger partial charge in [0.2, 0.25) is 26.6 Å². The van der Waals surface area contributed by atoms with Crippen LogP contribution in [0.1, 0.15) is 19.8 Å². The minimum atomic E-state index is -4.00. The number of rotatable bonds is 5. The van der Waals surface area contributed by atoms with Crippen molar-refractivity contribution in [2.75, 3.05) is 38.3 Å². The summed E-state index contributed by atoms with van der Waals surface area (Å²) in [6.45, 7) is 4.40. The normalized spacial score (nSPS) is 16.6. The fraction of sp³-hybridized carbons (Fsp3) is 0.375. The van der Waals surface area contributed by atoms with E-state index in [1.54, 1.807) is 25.3 Å². The first-order chi connectivity index (χ1) is 16.0. The van der Waals surface area contributed by atoms with Crippen molar-refractivity contribution >= 4 is 15.7 Å². The monoisotopic (exact) mass is 470 g/mol. The predicted octanol–water partition coefficient (Wildman–Crippen LogP) is 4.19. The third-order valence-electron chi connectivity index (χ3n) is 6.07. The van der Waals surface area contributed by atoms with Crippen LogP contribution < -0.4 is 19.1 Å². The van der Waals surface area contributed by atoms with Gasteiger partial charge in [0.15, 0.2) is 11.5 Å². The zero-order valence-corrected chi connectivity index (χ0v) is 19.4. The molecule has 0 unspecified atom stereocenters. The third-order valence-corrected chi connectivity index (χ3v) is 7.72. The van der Waals surface area contributed by atoms with Gasteiger partial charge < -0.3 is 23.5 Å². The van der Waals surface area contributed by atoms with Gasteiger partial charge in [-0.15, -0.1) is 0 Å². The Balaban J connectivity index is 1.62. The number of ether oxygens (including phenoxy) is 3. The standard InChI is InChI=1S/C24H26N2O6S/c1-16-9-11-26(12-10-16)24-23(25-22(32-24)18-5-3-4-6-19(18)29-2)33(27,28)17-7-8-20-21(15-17)31-14-13-30-20/h3-8,15-16H,9-14H2,1-2H3. The number of hydrogen-bond donors (Lipinski definition) is 0. The molecule has 5 rings (SSSR count). The number of piperidine rings is 1. The summed E-state index contributed by atoms with van der Waals surface area (Å²) in [5, 5.41) is -0.102. The molecule has 2 aromatic carbocycles. The smallest absolute Gasteiger partial charge is 0.236 e. The first-order valence-corrected chi connectivity index (χ1v) is 12.5. The number of methoxy groups -OCH3 is 1. The molecule has 0 atom stereocenters. The first-order valence-electron chi connectivity index (χ1n) is 11.0. The quantitative estimate of drug-likeness (QED) is 0.548. The molecule has 0 aliphatic carbocycles. The lowest BCUT2D eigenvalue weighted by molar-refractivity contribution is 0.171. The van der Waals surface area contributed by atoms with E-state index in [1.807, 2.05) is 17.0 Å². The van der Waals surface area contributed by atoms with Crippen molar-refractivity contribution in [1.82, 2.24) is 4.98 Å². The number of oxazole rings is 1. The minimum Gasteiger partial charge on any atom is -0.496 e. The van der Waals surface area contributed by atoms with Crippen LogP contribution in [0.3, 0.4) is 0 Å². The van der Waals surface area contributed by atoms with E-state index in [-0.39, 0.29) is 21.7 Å². The van der Waals surface area contributed by atoms with Gasteiger partial charge in [-0.25, -0.2) is 8.42 Å². The van der Waals surface area contributed by atoms with Gasteiger partial charge in [0.1, 0.15) is 19.0 Å². The van der Waals surface area contributed by atoms with Crippen LogP contribution >= 0.6 is 0 Å². The van der Waals surface area contributed by atoms with Crippen molar-refractivity contribution in [2.45, 2.75) is 29.7 Å². The summed E-state index contributed by atoms with van der Waals surface area (Å²) in [6.07, 6.45) is 1.91. The molecular formula is C24H26N2O6S. The van der Waals surface area contributed by atoms with E-state index in [0.717, 1.165) is 12.8 Å². The molecule has 0 bridgehead atoms. The molecule has 8 nitrogen and oxygen atoms in total. The van der Waals surface area contributed by atoms with E-state index in [1.165, 1.54) is 12.1 Å². The largest absolute Gasteiger partial charge is 0.496 e. The number of hydrogen-bond acceptors (Lipinski definition) is 8. The van der Waals surface area contributed by atoms with Crippen LogP contribution in [-0.2, 0) is 9.84 Å². The zero-order chi connectivity index (χ0) is 23.0. The number of anilines is 1. The third kappa shape index (κ3) is 4.01. The average Bonchev–Trinajstić information content (AvgIpc) is 3.30. The first kappa shape index (κ1) is 21.6. The maximum Gasteiger partial charge on any atom is 0.236 e. The Morgan fingerprint density at radius 1 is 1.03 bits per heavy atom. The number of benzene rings is 2. The Bertz CT molecular complexity index is 1260. The molecule has 3 heterocycles. The van der Waals surface area contributed by atoms with Crippen LogP contribution in [0.2, 0.25) is 0 Å². The lowest BCUT2D eigenvalue weighted by atomic mass is 9.99. The topological polar surface area (TPSA) is 91.1 Å². The molecule has 9 heteroatoms. The SMILES string of the molecule is COc1ccccc1-c1nc(S(=O)(=O)c2ccc3c(c2)OCCO3)c(N2CCC(C)CC2)o1. The summed E-state index contributed by atoms with van der Waals surface area (Å²) >= 11 is 0. The van der Waals surface area contributed by atoms with Crippen molar-refractivity contribution in [3.63, 3.8) is 0 Å². The van der Waals surface area contributed by atoms with Gasteiger partial charge in [-0.05, 0) is 43.0 Å². The Morgan fingerprint density at radius 3 is 2.52 bits per heavy atom. The van der Waals surface area contributed by atoms with Gasteiger partial charge in [0.25, 0.3) is 0 Å². The summed E-state index contributed by atoms with van der Waals surface area (Å²) < 4.78 is 50.3. The number of sulfone groups is 1. The minimum absolute atomic E-state index is 0.0817. The number of fused-ring (bicyclic) bond motifs is 1. The van der Waals surface area contributed by atoms with E-state index in [2.05, 4.69) is 11.9 Å². The number of para-hydroxylation sites is 1. The molecule has 2 aliphatic heterocycles. The summed E-state index contributed by atoms with van der Waals surface area (Å²) in [6, 6.07) is 11.9. The van der Waals surface area contributed by atoms with Crippen LogP contribution in [0.4, 0.5) is 5.88 Å². The molecule has 0 saturated carbocycles. The second kappa shape index (κ2) is 8.62. The predicted molar refractivity (Wildman–Crippen MR) is 122 cm³/mol. The summed E-state index contributed by atoms with van der Waals surface area (Å²) in [4.78, 5) is 6.55. The van der Waals surface area contributed by atoms with E-state index >= 15 is 0 Å². The van der Waals surface area contributed by atoms with Gasteiger partial charge in [0, 0.05) is 19.2 Å². The Hall–Kier alpha value is -3.20. The van der Waals surface area contributed by atoms with Gasteiger partial charge in [-0.1, -0.05) is 19.1 Å². The highest BCUT2D eigenvalue weighted by atomic mass is 32.2. The molecule has 0 radical (unpaired) electrons. The molecule has 33 heavy (non-hydrogen) atoms. The van der Waals surface area contributed by atoms with Gasteiger partial charge >= 0.3 is 0 Å². The van der Waals surface area contributed by atoms with E-state index in [9.17, 15) is 8.42 Å². The van der Waals surface area contributed by atoms with E-state index in [0.29, 0.717) is 55.0 Å². The maximum absolute atomic E-state index is 13.8. The molecule has 0 spiro atoms. The highest BCUT2D eigenvalue weighted by molar-refractivity contribution is 7.91. The van der Waals surface area contributed by atoms with Gasteiger partial charge in [-0.3, -0.25) is 0 Å². The number of aromatic nitrogens is 1. The summed E-state index contributed by atoms with van der Waals surface area (Å²) in [5.41, 5.74) is 0.593. The van der Waals surface area contributed by atoms with E-state index in [4.69, 9.17) is 18.6 Å². The molecule has 0 amide bonds. The summed E-state index contributed by atoms with van der Waals surface area (Å²) in [7, 11) is -2.44. The highest BCUT2D eigenvalue weighted by Gasteiger charge is 2.34. The Kier molecular flexibility index (Phi) is 5.65. The molecule has 0 N–H and O–H groups in total. The molecule has 1 aromatic heterocycles. The fourth-order valence-electron chi connectivity index (χ4n) is 4.12. The van der Waals surface area contributed by atoms with Crippen molar-refractivity contribution in [3.8, 4) is 28.7 Å². The maximum atomic E-state index is 13.8. The Labute approximate surface area is 193 Å². The van der Waals surface area contributed by atoms with Crippen molar-refractivity contribution < 1.29 is 27.0 Å². The molecule has 1 saturated heterocycles. The van der Waals surface area contributed by atoms with Crippen LogP contribution in [-0.4, -0.2) is 46.8 Å².